The Morgan fingerprint density at radius 3 is 2.51 bits per heavy atom. The fourth-order valence-electron chi connectivity index (χ4n) is 5.70. The zero-order valence-electron chi connectivity index (χ0n) is 23.8. The Hall–Kier alpha value is -4.45. The molecule has 2 aliphatic heterocycles. The molecule has 2 aliphatic rings. The Bertz CT molecular complexity index is 1620. The summed E-state index contributed by atoms with van der Waals surface area (Å²) in [4.78, 5) is 28.5. The topological polar surface area (TPSA) is 138 Å². The molecule has 10 nitrogen and oxygen atoms in total. The first-order valence-electron chi connectivity index (χ1n) is 14.1. The van der Waals surface area contributed by atoms with Gasteiger partial charge >= 0.3 is 10.5 Å². The van der Waals surface area contributed by atoms with Crippen LogP contribution in [0.2, 0.25) is 0 Å². The van der Waals surface area contributed by atoms with Crippen LogP contribution in [0.5, 0.6) is 11.5 Å². The van der Waals surface area contributed by atoms with E-state index in [4.69, 9.17) is 10.1 Å². The summed E-state index contributed by atoms with van der Waals surface area (Å²) < 4.78 is 45.1. The number of rotatable bonds is 9. The number of guanidine groups is 1. The van der Waals surface area contributed by atoms with Gasteiger partial charge in [0.2, 0.25) is 5.91 Å². The molecule has 0 radical (unpaired) electrons. The lowest BCUT2D eigenvalue weighted by molar-refractivity contribution is -0.132. The summed E-state index contributed by atoms with van der Waals surface area (Å²) in [5.74, 6) is -0.203. The number of hydrogen-bond acceptors (Lipinski definition) is 7. The Labute approximate surface area is 250 Å². The number of halogens is 1. The van der Waals surface area contributed by atoms with Gasteiger partial charge in [0.15, 0.2) is 5.96 Å². The van der Waals surface area contributed by atoms with E-state index in [-0.39, 0.29) is 36.0 Å². The maximum absolute atomic E-state index is 13.7. The van der Waals surface area contributed by atoms with Crippen molar-refractivity contribution in [1.82, 2.24) is 15.5 Å². The molecule has 0 saturated carbocycles. The molecule has 0 unspecified atom stereocenters. The molecule has 3 N–H and O–H groups in total. The van der Waals surface area contributed by atoms with E-state index in [0.29, 0.717) is 42.6 Å². The fourth-order valence-corrected chi connectivity index (χ4v) is 6.04. The normalized spacial score (nSPS) is 18.6. The van der Waals surface area contributed by atoms with Gasteiger partial charge in [-0.05, 0) is 54.3 Å². The van der Waals surface area contributed by atoms with Gasteiger partial charge in [0, 0.05) is 23.1 Å². The molecular weight excluding hydrogens is 575 g/mol. The zero-order chi connectivity index (χ0) is 30.8. The Morgan fingerprint density at radius 2 is 1.84 bits per heavy atom. The van der Waals surface area contributed by atoms with Gasteiger partial charge in [0.1, 0.15) is 11.5 Å². The molecule has 3 aromatic rings. The molecule has 2 atom stereocenters. The minimum absolute atomic E-state index is 0.0923. The molecule has 3 aromatic carbocycles. The summed E-state index contributed by atoms with van der Waals surface area (Å²) in [7, 11) is -5.23. The van der Waals surface area contributed by atoms with E-state index in [9.17, 15) is 21.9 Å². The molecule has 2 amide bonds. The van der Waals surface area contributed by atoms with Crippen molar-refractivity contribution in [2.24, 2.45) is 0 Å². The lowest BCUT2D eigenvalue weighted by Gasteiger charge is -2.45. The number of nitrogens with one attached hydrogen (secondary N) is 3. The second-order valence-corrected chi connectivity index (χ2v) is 11.6. The van der Waals surface area contributed by atoms with Crippen LogP contribution >= 0.6 is 0 Å². The predicted molar refractivity (Wildman–Crippen MR) is 158 cm³/mol. The molecular formula is C31H33FN4O6S. The third-order valence-electron chi connectivity index (χ3n) is 8.11. The van der Waals surface area contributed by atoms with Crippen LogP contribution in [-0.4, -0.2) is 43.2 Å². The minimum atomic E-state index is -5.23. The summed E-state index contributed by atoms with van der Waals surface area (Å²) >= 11 is 0. The molecule has 0 bridgehead atoms. The molecule has 0 aliphatic carbocycles. The van der Waals surface area contributed by atoms with Gasteiger partial charge in [0.05, 0.1) is 25.1 Å². The van der Waals surface area contributed by atoms with Crippen molar-refractivity contribution in [2.45, 2.75) is 57.2 Å². The SMILES string of the molecule is CCC1(CC)CC(=O)N([C@H](c2ccc(OS(=O)(=O)F)cc2)c2cccc(C(=O)N[C@H]3CCOc4ccccc43)c2)C(=N)N1. The smallest absolute Gasteiger partial charge is 0.488 e. The molecule has 1 saturated heterocycles. The maximum atomic E-state index is 13.7. The van der Waals surface area contributed by atoms with E-state index in [1.165, 1.54) is 29.2 Å². The Kier molecular flexibility index (Phi) is 8.41. The van der Waals surface area contributed by atoms with Crippen molar-refractivity contribution < 1.29 is 30.8 Å². The third-order valence-corrected chi connectivity index (χ3v) is 8.51. The van der Waals surface area contributed by atoms with Gasteiger partial charge < -0.3 is 19.6 Å². The monoisotopic (exact) mass is 608 g/mol. The van der Waals surface area contributed by atoms with Gasteiger partial charge in [-0.3, -0.25) is 19.9 Å². The molecule has 0 spiro atoms. The van der Waals surface area contributed by atoms with Crippen molar-refractivity contribution in [3.63, 3.8) is 0 Å². The molecule has 1 fully saturated rings. The van der Waals surface area contributed by atoms with Crippen LogP contribution in [0, 0.1) is 5.41 Å². The molecule has 43 heavy (non-hydrogen) atoms. The molecule has 12 heteroatoms. The van der Waals surface area contributed by atoms with E-state index in [0.717, 1.165) is 11.3 Å². The van der Waals surface area contributed by atoms with E-state index in [2.05, 4.69) is 14.8 Å². The number of ether oxygens (including phenoxy) is 1. The van der Waals surface area contributed by atoms with Crippen LogP contribution in [0.4, 0.5) is 3.89 Å². The van der Waals surface area contributed by atoms with Gasteiger partial charge in [0.25, 0.3) is 5.91 Å². The lowest BCUT2D eigenvalue weighted by Crippen LogP contribution is -2.62. The van der Waals surface area contributed by atoms with Gasteiger partial charge in [-0.15, -0.1) is 0 Å². The largest absolute Gasteiger partial charge is 0.493 e. The quantitative estimate of drug-likeness (QED) is 0.293. The fraction of sp³-hybridized carbons (Fsp3) is 0.323. The van der Waals surface area contributed by atoms with Crippen molar-refractivity contribution in [1.29, 1.82) is 5.41 Å². The number of hydrogen-bond donors (Lipinski definition) is 3. The molecule has 226 valence electrons. The summed E-state index contributed by atoms with van der Waals surface area (Å²) in [6, 6.07) is 18.8. The van der Waals surface area contributed by atoms with Gasteiger partial charge in [-0.1, -0.05) is 60.2 Å². The highest BCUT2D eigenvalue weighted by molar-refractivity contribution is 7.81. The molecule has 2 heterocycles. The van der Waals surface area contributed by atoms with Crippen LogP contribution in [0.25, 0.3) is 0 Å². The maximum Gasteiger partial charge on any atom is 0.488 e. The Morgan fingerprint density at radius 1 is 1.12 bits per heavy atom. The number of benzene rings is 3. The standard InChI is InChI=1S/C31H33FN4O6S/c1-3-31(4-2)19-27(37)36(30(33)35-31)28(20-12-14-23(15-13-20)42-43(32,39)40)21-8-7-9-22(18-21)29(38)34-25-16-17-41-26-11-6-5-10-24(25)26/h5-15,18,25,28H,3-4,16-17,19H2,1-2H3,(H2,33,35)(H,34,38)/t25-,28+/m0/s1. The van der Waals surface area contributed by atoms with Gasteiger partial charge in [-0.25, -0.2) is 0 Å². The van der Waals surface area contributed by atoms with Crippen molar-refractivity contribution in [3.8, 4) is 11.5 Å². The van der Waals surface area contributed by atoms with Crippen molar-refractivity contribution in [2.75, 3.05) is 6.61 Å². The highest BCUT2D eigenvalue weighted by Gasteiger charge is 2.42. The average molecular weight is 609 g/mol. The first-order chi connectivity index (χ1) is 20.5. The first-order valence-corrected chi connectivity index (χ1v) is 15.4. The highest BCUT2D eigenvalue weighted by Crippen LogP contribution is 2.36. The summed E-state index contributed by atoms with van der Waals surface area (Å²) in [5, 5.41) is 15.2. The number of amides is 2. The van der Waals surface area contributed by atoms with E-state index in [1.807, 2.05) is 38.1 Å². The number of carbonyl (C=O) groups excluding carboxylic acids is 2. The average Bonchev–Trinajstić information content (AvgIpc) is 2.99. The third kappa shape index (κ3) is 6.48. The van der Waals surface area contributed by atoms with Crippen molar-refractivity contribution >= 4 is 28.3 Å². The first kappa shape index (κ1) is 30.0. The van der Waals surface area contributed by atoms with Crippen LogP contribution in [0.3, 0.4) is 0 Å². The van der Waals surface area contributed by atoms with Crippen LogP contribution < -0.4 is 19.6 Å². The molecule has 0 aromatic heterocycles. The van der Waals surface area contributed by atoms with E-state index >= 15 is 0 Å². The Balaban J connectivity index is 1.50. The second-order valence-electron chi connectivity index (χ2n) is 10.7. The van der Waals surface area contributed by atoms with Crippen LogP contribution in [-0.2, 0) is 15.3 Å². The van der Waals surface area contributed by atoms with E-state index in [1.54, 1.807) is 24.3 Å². The second kappa shape index (κ2) is 12.0. The van der Waals surface area contributed by atoms with Crippen LogP contribution in [0.15, 0.2) is 72.8 Å². The summed E-state index contributed by atoms with van der Waals surface area (Å²) in [5.41, 5.74) is 1.74. The zero-order valence-corrected chi connectivity index (χ0v) is 24.6. The summed E-state index contributed by atoms with van der Waals surface area (Å²) in [6.45, 7) is 4.39. The van der Waals surface area contributed by atoms with Crippen molar-refractivity contribution in [3.05, 3.63) is 95.1 Å². The number of nitrogens with zero attached hydrogens (tertiary/aromatic N) is 1. The summed E-state index contributed by atoms with van der Waals surface area (Å²) in [6.07, 6.45) is 2.05. The minimum Gasteiger partial charge on any atom is -0.493 e. The number of para-hydroxylation sites is 1. The van der Waals surface area contributed by atoms with Crippen LogP contribution in [0.1, 0.15) is 78.7 Å². The number of carbonyl (C=O) groups is 2. The molecule has 5 rings (SSSR count). The predicted octanol–water partition coefficient (Wildman–Crippen LogP) is 4.94. The lowest BCUT2D eigenvalue weighted by atomic mass is 9.85. The highest BCUT2D eigenvalue weighted by atomic mass is 32.3. The van der Waals surface area contributed by atoms with Gasteiger partial charge in [-0.2, -0.15) is 8.42 Å². The number of fused-ring (bicyclic) bond motifs is 1. The van der Waals surface area contributed by atoms with E-state index < -0.39 is 22.1 Å².